The van der Waals surface area contributed by atoms with E-state index in [4.69, 9.17) is 23.2 Å². The molecule has 1 nitrogen and oxygen atoms in total. The topological polar surface area (TPSA) is 12.0 Å². The molecule has 6 heteroatoms. The molecule has 0 bridgehead atoms. The van der Waals surface area contributed by atoms with Crippen molar-refractivity contribution in [3.05, 3.63) is 69.0 Å². The summed E-state index contributed by atoms with van der Waals surface area (Å²) in [5.74, 6) is -3.17. The molecule has 0 heterocycles. The van der Waals surface area contributed by atoms with Crippen LogP contribution in [0.3, 0.4) is 0 Å². The maximum atomic E-state index is 14.0. The van der Waals surface area contributed by atoms with Crippen LogP contribution in [0.5, 0.6) is 0 Å². The lowest BCUT2D eigenvalue weighted by atomic mass is 9.98. The summed E-state index contributed by atoms with van der Waals surface area (Å²) < 4.78 is 40.5. The van der Waals surface area contributed by atoms with E-state index in [1.165, 1.54) is 6.07 Å². The number of benzene rings is 2. The van der Waals surface area contributed by atoms with Crippen molar-refractivity contribution in [2.45, 2.75) is 13.0 Å². The first-order valence-electron chi connectivity index (χ1n) is 6.26. The van der Waals surface area contributed by atoms with Crippen molar-refractivity contribution in [2.75, 3.05) is 6.54 Å². The van der Waals surface area contributed by atoms with E-state index < -0.39 is 23.5 Å². The fraction of sp³-hybridized carbons (Fsp3) is 0.200. The first-order chi connectivity index (χ1) is 9.92. The number of halogens is 5. The Hall–Kier alpha value is -1.23. The largest absolute Gasteiger partial charge is 0.306 e. The van der Waals surface area contributed by atoms with Crippen molar-refractivity contribution in [3.8, 4) is 0 Å². The van der Waals surface area contributed by atoms with Crippen molar-refractivity contribution in [2.24, 2.45) is 0 Å². The highest BCUT2D eigenvalue weighted by Gasteiger charge is 2.20. The second-order valence-electron chi connectivity index (χ2n) is 4.48. The molecule has 2 aromatic carbocycles. The molecule has 0 radical (unpaired) electrons. The van der Waals surface area contributed by atoms with Gasteiger partial charge in [0.25, 0.3) is 0 Å². The predicted octanol–water partition coefficient (Wildman–Crippen LogP) is 5.11. The van der Waals surface area contributed by atoms with Crippen molar-refractivity contribution in [1.82, 2.24) is 5.32 Å². The summed E-state index contributed by atoms with van der Waals surface area (Å²) >= 11 is 11.9. The van der Waals surface area contributed by atoms with E-state index in [0.717, 1.165) is 6.07 Å². The molecule has 0 aliphatic carbocycles. The number of hydrogen-bond donors (Lipinski definition) is 1. The van der Waals surface area contributed by atoms with Gasteiger partial charge < -0.3 is 5.32 Å². The molecule has 0 saturated heterocycles. The molecule has 2 aromatic rings. The molecule has 1 atom stereocenters. The standard InChI is InChI=1S/C15H12Cl2F3N/c1-2-21-15(8-3-9(16)5-10(17)4-8)11-6-13(19)14(20)7-12(11)18/h3-7,15,21H,2H2,1H3. The van der Waals surface area contributed by atoms with Crippen LogP contribution in [-0.4, -0.2) is 6.54 Å². The van der Waals surface area contributed by atoms with Crippen LogP contribution >= 0.6 is 23.2 Å². The van der Waals surface area contributed by atoms with Gasteiger partial charge in [-0.25, -0.2) is 13.2 Å². The summed E-state index contributed by atoms with van der Waals surface area (Å²) in [4.78, 5) is 0. The monoisotopic (exact) mass is 333 g/mol. The van der Waals surface area contributed by atoms with Crippen LogP contribution in [0.25, 0.3) is 0 Å². The second-order valence-corrected chi connectivity index (χ2v) is 5.35. The third-order valence-electron chi connectivity index (χ3n) is 2.98. The van der Waals surface area contributed by atoms with Crippen LogP contribution in [0, 0.1) is 17.5 Å². The lowest BCUT2D eigenvalue weighted by Gasteiger charge is -2.20. The summed E-state index contributed by atoms with van der Waals surface area (Å²) in [5, 5.41) is 3.77. The van der Waals surface area contributed by atoms with Gasteiger partial charge in [0.15, 0.2) is 11.6 Å². The molecule has 0 saturated carbocycles. The van der Waals surface area contributed by atoms with E-state index in [-0.39, 0.29) is 5.56 Å². The highest BCUT2D eigenvalue weighted by Crippen LogP contribution is 2.30. The van der Waals surface area contributed by atoms with E-state index in [1.54, 1.807) is 12.1 Å². The van der Waals surface area contributed by atoms with Gasteiger partial charge >= 0.3 is 0 Å². The molecule has 1 unspecified atom stereocenters. The Morgan fingerprint density at radius 2 is 1.48 bits per heavy atom. The predicted molar refractivity (Wildman–Crippen MR) is 78.3 cm³/mol. The van der Waals surface area contributed by atoms with Gasteiger partial charge in [-0.2, -0.15) is 0 Å². The minimum absolute atomic E-state index is 0.00548. The van der Waals surface area contributed by atoms with Gasteiger partial charge in [-0.3, -0.25) is 0 Å². The summed E-state index contributed by atoms with van der Waals surface area (Å²) in [6.07, 6.45) is 0. The lowest BCUT2D eigenvalue weighted by molar-refractivity contribution is 0.481. The Morgan fingerprint density at radius 3 is 2.05 bits per heavy atom. The Kier molecular flexibility index (Phi) is 5.14. The van der Waals surface area contributed by atoms with Crippen molar-refractivity contribution in [1.29, 1.82) is 0 Å². The fourth-order valence-corrected chi connectivity index (χ4v) is 2.66. The summed E-state index contributed by atoms with van der Waals surface area (Å²) in [6, 6.07) is 5.43. The number of hydrogen-bond acceptors (Lipinski definition) is 1. The van der Waals surface area contributed by atoms with E-state index in [9.17, 15) is 13.2 Å². The SMILES string of the molecule is CCNC(c1cc(Cl)cc(Cl)c1)c1cc(F)c(F)cc1F. The van der Waals surface area contributed by atoms with E-state index in [0.29, 0.717) is 28.2 Å². The molecular weight excluding hydrogens is 322 g/mol. The molecule has 0 amide bonds. The summed E-state index contributed by atoms with van der Waals surface area (Å²) in [5.41, 5.74) is 0.563. The average Bonchev–Trinajstić information content (AvgIpc) is 2.39. The third-order valence-corrected chi connectivity index (χ3v) is 3.41. The van der Waals surface area contributed by atoms with E-state index >= 15 is 0 Å². The number of rotatable bonds is 4. The second kappa shape index (κ2) is 6.69. The Morgan fingerprint density at radius 1 is 0.905 bits per heavy atom. The molecule has 0 aliphatic rings. The van der Waals surface area contributed by atoms with Gasteiger partial charge in [0.05, 0.1) is 6.04 Å². The van der Waals surface area contributed by atoms with Gasteiger partial charge in [0, 0.05) is 21.7 Å². The van der Waals surface area contributed by atoms with Gasteiger partial charge in [-0.1, -0.05) is 30.1 Å². The molecule has 112 valence electrons. The minimum Gasteiger partial charge on any atom is -0.306 e. The average molecular weight is 334 g/mol. The lowest BCUT2D eigenvalue weighted by Crippen LogP contribution is -2.23. The minimum atomic E-state index is -1.23. The van der Waals surface area contributed by atoms with Crippen molar-refractivity contribution in [3.63, 3.8) is 0 Å². The van der Waals surface area contributed by atoms with Gasteiger partial charge in [0.2, 0.25) is 0 Å². The van der Waals surface area contributed by atoms with Crippen LogP contribution in [0.15, 0.2) is 30.3 Å². The molecular formula is C15H12Cl2F3N. The quantitative estimate of drug-likeness (QED) is 0.766. The van der Waals surface area contributed by atoms with E-state index in [1.807, 2.05) is 6.92 Å². The highest BCUT2D eigenvalue weighted by molar-refractivity contribution is 6.34. The zero-order chi connectivity index (χ0) is 15.6. The van der Waals surface area contributed by atoms with E-state index in [2.05, 4.69) is 5.32 Å². The first-order valence-corrected chi connectivity index (χ1v) is 7.01. The molecule has 0 aliphatic heterocycles. The first kappa shape index (κ1) is 16.1. The maximum absolute atomic E-state index is 14.0. The van der Waals surface area contributed by atoms with Gasteiger partial charge in [-0.15, -0.1) is 0 Å². The smallest absolute Gasteiger partial charge is 0.161 e. The third kappa shape index (κ3) is 3.70. The maximum Gasteiger partial charge on any atom is 0.161 e. The molecule has 0 spiro atoms. The zero-order valence-electron chi connectivity index (χ0n) is 11.1. The Labute approximate surface area is 130 Å². The van der Waals surface area contributed by atoms with Gasteiger partial charge in [-0.05, 0) is 36.4 Å². The van der Waals surface area contributed by atoms with Crippen LogP contribution in [0.4, 0.5) is 13.2 Å². The van der Waals surface area contributed by atoms with Crippen LogP contribution in [0.1, 0.15) is 24.1 Å². The van der Waals surface area contributed by atoms with Crippen molar-refractivity contribution < 1.29 is 13.2 Å². The highest BCUT2D eigenvalue weighted by atomic mass is 35.5. The summed E-state index contributed by atoms with van der Waals surface area (Å²) in [6.45, 7) is 2.31. The fourth-order valence-electron chi connectivity index (χ4n) is 2.11. The van der Waals surface area contributed by atoms with Crippen molar-refractivity contribution >= 4 is 23.2 Å². The molecule has 0 aromatic heterocycles. The van der Waals surface area contributed by atoms with Crippen LogP contribution in [0.2, 0.25) is 10.0 Å². The number of nitrogens with one attached hydrogen (secondary N) is 1. The van der Waals surface area contributed by atoms with Gasteiger partial charge in [0.1, 0.15) is 5.82 Å². The molecule has 1 N–H and O–H groups in total. The van der Waals surface area contributed by atoms with Crippen LogP contribution in [-0.2, 0) is 0 Å². The zero-order valence-corrected chi connectivity index (χ0v) is 12.6. The molecule has 21 heavy (non-hydrogen) atoms. The van der Waals surface area contributed by atoms with Crippen LogP contribution < -0.4 is 5.32 Å². The Balaban J connectivity index is 2.55. The normalized spacial score (nSPS) is 12.5. The molecule has 2 rings (SSSR count). The summed E-state index contributed by atoms with van der Waals surface area (Å²) in [7, 11) is 0. The Bertz CT molecular complexity index is 641. The molecule has 0 fully saturated rings.